The Hall–Kier alpha value is -1.38. The molecule has 0 aromatic heterocycles. The van der Waals surface area contributed by atoms with E-state index in [1.54, 1.807) is 6.07 Å². The molecule has 0 aliphatic carbocycles. The van der Waals surface area contributed by atoms with Crippen LogP contribution >= 0.6 is 0 Å². The largest absolute Gasteiger partial charge is 0.368 e. The van der Waals surface area contributed by atoms with Crippen LogP contribution in [-0.4, -0.2) is 18.9 Å². The molecule has 1 aromatic carbocycles. The fourth-order valence-corrected chi connectivity index (χ4v) is 2.64. The number of carbonyl (C=O) groups is 1. The van der Waals surface area contributed by atoms with Gasteiger partial charge in [-0.05, 0) is 37.0 Å². The molecule has 1 fully saturated rings. The molecule has 0 spiro atoms. The first kappa shape index (κ1) is 12.1. The highest BCUT2D eigenvalue weighted by atomic mass is 19.1. The van der Waals surface area contributed by atoms with Crippen molar-refractivity contribution in [1.29, 1.82) is 0 Å². The lowest BCUT2D eigenvalue weighted by Crippen LogP contribution is -2.33. The van der Waals surface area contributed by atoms with E-state index in [0.29, 0.717) is 23.8 Å². The van der Waals surface area contributed by atoms with E-state index in [1.165, 1.54) is 12.1 Å². The van der Waals surface area contributed by atoms with Gasteiger partial charge in [0.2, 0.25) is 0 Å². The maximum absolute atomic E-state index is 13.4. The molecular weight excluding hydrogens is 217 g/mol. The highest BCUT2D eigenvalue weighted by Gasteiger charge is 2.27. The topological polar surface area (TPSA) is 20.3 Å². The molecule has 3 heteroatoms. The number of aldehydes is 1. The van der Waals surface area contributed by atoms with Crippen molar-refractivity contribution in [3.8, 4) is 0 Å². The van der Waals surface area contributed by atoms with E-state index >= 15 is 0 Å². The number of hydrogen-bond acceptors (Lipinski definition) is 2. The van der Waals surface area contributed by atoms with Gasteiger partial charge >= 0.3 is 0 Å². The summed E-state index contributed by atoms with van der Waals surface area (Å²) in [5.41, 5.74) is 1.25. The molecule has 2 nitrogen and oxygen atoms in total. The molecule has 1 aliphatic heterocycles. The highest BCUT2D eigenvalue weighted by Crippen LogP contribution is 2.30. The Morgan fingerprint density at radius 3 is 2.82 bits per heavy atom. The Labute approximate surface area is 101 Å². The molecule has 1 aromatic rings. The standard InChI is InChI=1S/C14H18FNO/c1-10(2)14-4-3-5-16(14)13-7-11(9-17)6-12(15)8-13/h6-10,14H,3-5H2,1-2H3. The SMILES string of the molecule is CC(C)C1CCCN1c1cc(F)cc(C=O)c1. The zero-order valence-electron chi connectivity index (χ0n) is 10.3. The van der Waals surface area contributed by atoms with E-state index in [0.717, 1.165) is 25.1 Å². The molecule has 0 bridgehead atoms. The average molecular weight is 235 g/mol. The summed E-state index contributed by atoms with van der Waals surface area (Å²) in [5.74, 6) is 0.208. The van der Waals surface area contributed by atoms with E-state index in [-0.39, 0.29) is 5.82 Å². The van der Waals surface area contributed by atoms with Crippen LogP contribution in [0.15, 0.2) is 18.2 Å². The third kappa shape index (κ3) is 2.48. The van der Waals surface area contributed by atoms with Crippen LogP contribution in [-0.2, 0) is 0 Å². The fraction of sp³-hybridized carbons (Fsp3) is 0.500. The zero-order valence-corrected chi connectivity index (χ0v) is 10.3. The van der Waals surface area contributed by atoms with E-state index in [2.05, 4.69) is 18.7 Å². The summed E-state index contributed by atoms with van der Waals surface area (Å²) >= 11 is 0. The van der Waals surface area contributed by atoms with Crippen LogP contribution in [0.25, 0.3) is 0 Å². The molecule has 1 unspecified atom stereocenters. The first-order valence-electron chi connectivity index (χ1n) is 6.14. The maximum atomic E-state index is 13.4. The van der Waals surface area contributed by atoms with Gasteiger partial charge in [0, 0.05) is 23.8 Å². The number of rotatable bonds is 3. The zero-order chi connectivity index (χ0) is 12.4. The van der Waals surface area contributed by atoms with Gasteiger partial charge in [0.15, 0.2) is 0 Å². The lowest BCUT2D eigenvalue weighted by atomic mass is 10.0. The number of carbonyl (C=O) groups excluding carboxylic acids is 1. The van der Waals surface area contributed by atoms with Crippen LogP contribution in [0.5, 0.6) is 0 Å². The van der Waals surface area contributed by atoms with Crippen LogP contribution in [0.3, 0.4) is 0 Å². The Morgan fingerprint density at radius 1 is 1.41 bits per heavy atom. The van der Waals surface area contributed by atoms with Crippen molar-refractivity contribution in [3.63, 3.8) is 0 Å². The molecule has 1 heterocycles. The monoisotopic (exact) mass is 235 g/mol. The molecule has 0 radical (unpaired) electrons. The number of halogens is 1. The van der Waals surface area contributed by atoms with Crippen molar-refractivity contribution in [3.05, 3.63) is 29.6 Å². The van der Waals surface area contributed by atoms with Crippen LogP contribution in [0.4, 0.5) is 10.1 Å². The molecule has 1 atom stereocenters. The first-order chi connectivity index (χ1) is 8.11. The fourth-order valence-electron chi connectivity index (χ4n) is 2.64. The second-order valence-electron chi connectivity index (χ2n) is 5.01. The number of nitrogens with zero attached hydrogens (tertiary/aromatic N) is 1. The summed E-state index contributed by atoms with van der Waals surface area (Å²) in [5, 5.41) is 0. The van der Waals surface area contributed by atoms with Crippen LogP contribution < -0.4 is 4.90 Å². The molecule has 0 amide bonds. The number of benzene rings is 1. The van der Waals surface area contributed by atoms with Gasteiger partial charge in [0.1, 0.15) is 12.1 Å². The van der Waals surface area contributed by atoms with Gasteiger partial charge in [-0.25, -0.2) is 4.39 Å². The average Bonchev–Trinajstić information content (AvgIpc) is 2.77. The van der Waals surface area contributed by atoms with Crippen LogP contribution in [0.2, 0.25) is 0 Å². The summed E-state index contributed by atoms with van der Waals surface area (Å²) in [6.45, 7) is 5.32. The number of anilines is 1. The molecule has 0 N–H and O–H groups in total. The normalized spacial score (nSPS) is 20.0. The summed E-state index contributed by atoms with van der Waals surface area (Å²) < 4.78 is 13.4. The highest BCUT2D eigenvalue weighted by molar-refractivity contribution is 5.77. The minimum Gasteiger partial charge on any atom is -0.368 e. The number of hydrogen-bond donors (Lipinski definition) is 0. The first-order valence-corrected chi connectivity index (χ1v) is 6.14. The predicted octanol–water partition coefficient (Wildman–Crippen LogP) is 3.26. The van der Waals surface area contributed by atoms with Crippen molar-refractivity contribution in [2.75, 3.05) is 11.4 Å². The van der Waals surface area contributed by atoms with Crippen molar-refractivity contribution in [1.82, 2.24) is 0 Å². The quantitative estimate of drug-likeness (QED) is 0.749. The minimum absolute atomic E-state index is 0.334. The second kappa shape index (κ2) is 4.86. The summed E-state index contributed by atoms with van der Waals surface area (Å²) in [6, 6.07) is 5.03. The predicted molar refractivity (Wildman–Crippen MR) is 67.0 cm³/mol. The molecule has 17 heavy (non-hydrogen) atoms. The lowest BCUT2D eigenvalue weighted by molar-refractivity contribution is 0.112. The van der Waals surface area contributed by atoms with E-state index in [4.69, 9.17) is 0 Å². The van der Waals surface area contributed by atoms with E-state index in [1.807, 2.05) is 0 Å². The van der Waals surface area contributed by atoms with Crippen LogP contribution in [0.1, 0.15) is 37.0 Å². The van der Waals surface area contributed by atoms with Gasteiger partial charge in [-0.15, -0.1) is 0 Å². The maximum Gasteiger partial charge on any atom is 0.150 e. The Bertz CT molecular complexity index is 417. The Balaban J connectivity index is 2.32. The summed E-state index contributed by atoms with van der Waals surface area (Å²) in [4.78, 5) is 13.0. The van der Waals surface area contributed by atoms with Gasteiger partial charge < -0.3 is 4.90 Å². The van der Waals surface area contributed by atoms with Gasteiger partial charge in [-0.3, -0.25) is 4.79 Å². The molecule has 0 saturated carbocycles. The third-order valence-corrected chi connectivity index (χ3v) is 3.44. The van der Waals surface area contributed by atoms with Gasteiger partial charge in [-0.2, -0.15) is 0 Å². The third-order valence-electron chi connectivity index (χ3n) is 3.44. The van der Waals surface area contributed by atoms with Crippen molar-refractivity contribution >= 4 is 12.0 Å². The minimum atomic E-state index is -0.334. The van der Waals surface area contributed by atoms with Crippen molar-refractivity contribution in [2.24, 2.45) is 5.92 Å². The van der Waals surface area contributed by atoms with Crippen molar-refractivity contribution < 1.29 is 9.18 Å². The summed E-state index contributed by atoms with van der Waals surface area (Å²) in [6.07, 6.45) is 2.98. The molecule has 1 aliphatic rings. The Kier molecular flexibility index (Phi) is 3.46. The van der Waals surface area contributed by atoms with E-state index < -0.39 is 0 Å². The lowest BCUT2D eigenvalue weighted by Gasteiger charge is -2.29. The molecule has 2 rings (SSSR count). The van der Waals surface area contributed by atoms with E-state index in [9.17, 15) is 9.18 Å². The van der Waals surface area contributed by atoms with Crippen LogP contribution in [0, 0.1) is 11.7 Å². The molecule has 1 saturated heterocycles. The summed E-state index contributed by atoms with van der Waals surface area (Å²) in [7, 11) is 0. The smallest absolute Gasteiger partial charge is 0.150 e. The van der Waals surface area contributed by atoms with Gasteiger partial charge in [0.25, 0.3) is 0 Å². The molecule has 92 valence electrons. The van der Waals surface area contributed by atoms with Gasteiger partial charge in [-0.1, -0.05) is 13.8 Å². The van der Waals surface area contributed by atoms with Gasteiger partial charge in [0.05, 0.1) is 0 Å². The molecular formula is C14H18FNO. The second-order valence-corrected chi connectivity index (χ2v) is 5.01. The Morgan fingerprint density at radius 2 is 2.18 bits per heavy atom. The van der Waals surface area contributed by atoms with Crippen molar-refractivity contribution in [2.45, 2.75) is 32.7 Å².